The fourth-order valence-corrected chi connectivity index (χ4v) is 4.66. The molecule has 0 saturated carbocycles. The molecule has 1 heterocycles. The molecule has 0 spiro atoms. The average molecular weight is 402 g/mol. The van der Waals surface area contributed by atoms with Crippen LogP contribution in [0.1, 0.15) is 16.7 Å². The Morgan fingerprint density at radius 2 is 1.21 bits per heavy atom. The fraction of sp³-hybridized carbons (Fsp3) is 0.0400. The Balaban J connectivity index is 1.88. The largest absolute Gasteiger partial charge is 0.310 e. The highest BCUT2D eigenvalue weighted by Gasteiger charge is 2.43. The standard InChI is InChI=1S/C25H17Cl2N/c26-19-15-16-22-24(17-19)28(20-11-5-2-6-12-20)23-14-8-7-13-21(23)25(22,27)18-9-3-1-4-10-18/h1-17H. The summed E-state index contributed by atoms with van der Waals surface area (Å²) < 4.78 is 0. The van der Waals surface area contributed by atoms with Gasteiger partial charge < -0.3 is 4.90 Å². The van der Waals surface area contributed by atoms with Crippen molar-refractivity contribution in [3.05, 3.63) is 125 Å². The third-order valence-corrected chi connectivity index (χ3v) is 6.13. The van der Waals surface area contributed by atoms with Crippen LogP contribution in [0.5, 0.6) is 0 Å². The van der Waals surface area contributed by atoms with Crippen LogP contribution in [0.3, 0.4) is 0 Å². The first kappa shape index (κ1) is 17.4. The van der Waals surface area contributed by atoms with Crippen molar-refractivity contribution < 1.29 is 0 Å². The fourth-order valence-electron chi connectivity index (χ4n) is 4.05. The first-order chi connectivity index (χ1) is 13.7. The zero-order valence-corrected chi connectivity index (χ0v) is 16.5. The maximum absolute atomic E-state index is 7.50. The molecule has 0 fully saturated rings. The summed E-state index contributed by atoms with van der Waals surface area (Å²) in [5.74, 6) is 0. The van der Waals surface area contributed by atoms with E-state index in [-0.39, 0.29) is 0 Å². The molecule has 0 bridgehead atoms. The molecule has 1 atom stereocenters. The normalized spacial score (nSPS) is 17.7. The van der Waals surface area contributed by atoms with Crippen LogP contribution in [0, 0.1) is 0 Å². The second-order valence-corrected chi connectivity index (χ2v) is 7.88. The van der Waals surface area contributed by atoms with Crippen LogP contribution >= 0.6 is 23.2 Å². The Bertz CT molecular complexity index is 1140. The SMILES string of the molecule is Clc1ccc2c(c1)N(c1ccccc1)c1ccccc1C2(Cl)c1ccccc1. The first-order valence-corrected chi connectivity index (χ1v) is 9.94. The van der Waals surface area contributed by atoms with Gasteiger partial charge in [0.2, 0.25) is 0 Å². The molecule has 1 aliphatic rings. The first-order valence-electron chi connectivity index (χ1n) is 9.19. The topological polar surface area (TPSA) is 3.24 Å². The number of hydrogen-bond acceptors (Lipinski definition) is 1. The summed E-state index contributed by atoms with van der Waals surface area (Å²) >= 11 is 13.9. The third kappa shape index (κ3) is 2.55. The Hall–Kier alpha value is -2.74. The summed E-state index contributed by atoms with van der Waals surface area (Å²) in [4.78, 5) is 1.45. The van der Waals surface area contributed by atoms with Crippen LogP contribution < -0.4 is 4.90 Å². The van der Waals surface area contributed by atoms with Crippen molar-refractivity contribution in [1.82, 2.24) is 0 Å². The minimum Gasteiger partial charge on any atom is -0.310 e. The van der Waals surface area contributed by atoms with Gasteiger partial charge in [-0.05, 0) is 35.9 Å². The van der Waals surface area contributed by atoms with Crippen LogP contribution in [-0.4, -0.2) is 0 Å². The number of alkyl halides is 1. The number of nitrogens with zero attached hydrogens (tertiary/aromatic N) is 1. The Morgan fingerprint density at radius 1 is 0.607 bits per heavy atom. The van der Waals surface area contributed by atoms with Gasteiger partial charge in [-0.1, -0.05) is 84.4 Å². The van der Waals surface area contributed by atoms with Crippen LogP contribution in [0.25, 0.3) is 0 Å². The van der Waals surface area contributed by atoms with E-state index in [0.29, 0.717) is 5.02 Å². The zero-order valence-electron chi connectivity index (χ0n) is 15.0. The molecule has 0 aromatic heterocycles. The third-order valence-electron chi connectivity index (χ3n) is 5.27. The molecule has 1 unspecified atom stereocenters. The molecule has 0 amide bonds. The van der Waals surface area contributed by atoms with Gasteiger partial charge in [0.25, 0.3) is 0 Å². The van der Waals surface area contributed by atoms with Gasteiger partial charge in [0, 0.05) is 21.8 Å². The van der Waals surface area contributed by atoms with E-state index in [1.54, 1.807) is 0 Å². The van der Waals surface area contributed by atoms with Crippen molar-refractivity contribution in [3.63, 3.8) is 0 Å². The van der Waals surface area contributed by atoms with E-state index in [2.05, 4.69) is 41.3 Å². The highest BCUT2D eigenvalue weighted by molar-refractivity contribution is 6.32. The van der Waals surface area contributed by atoms with Crippen molar-refractivity contribution in [3.8, 4) is 0 Å². The summed E-state index contributed by atoms with van der Waals surface area (Å²) in [6.45, 7) is 0. The second kappa shape index (κ2) is 6.70. The van der Waals surface area contributed by atoms with Gasteiger partial charge in [-0.25, -0.2) is 0 Å². The lowest BCUT2D eigenvalue weighted by Gasteiger charge is -2.42. The molecule has 0 N–H and O–H groups in total. The van der Waals surface area contributed by atoms with Gasteiger partial charge in [-0.15, -0.1) is 11.6 Å². The molecule has 1 aliphatic heterocycles. The summed E-state index contributed by atoms with van der Waals surface area (Å²) in [6.07, 6.45) is 0. The van der Waals surface area contributed by atoms with E-state index in [1.165, 1.54) is 0 Å². The molecule has 0 saturated heterocycles. The Kier molecular flexibility index (Phi) is 4.16. The molecule has 136 valence electrons. The van der Waals surface area contributed by atoms with Gasteiger partial charge >= 0.3 is 0 Å². The summed E-state index contributed by atoms with van der Waals surface area (Å²) in [5, 5.41) is 0.686. The maximum atomic E-state index is 7.50. The molecule has 0 radical (unpaired) electrons. The van der Waals surface area contributed by atoms with Crippen LogP contribution in [0.2, 0.25) is 5.02 Å². The van der Waals surface area contributed by atoms with E-state index >= 15 is 0 Å². The van der Waals surface area contributed by atoms with Crippen LogP contribution in [0.4, 0.5) is 17.1 Å². The van der Waals surface area contributed by atoms with E-state index in [4.69, 9.17) is 23.2 Å². The van der Waals surface area contributed by atoms with Crippen molar-refractivity contribution in [2.45, 2.75) is 4.87 Å². The molecule has 4 aromatic carbocycles. The Labute approximate surface area is 174 Å². The predicted molar refractivity (Wildman–Crippen MR) is 118 cm³/mol. The summed E-state index contributed by atoms with van der Waals surface area (Å²) in [5.41, 5.74) is 6.25. The highest BCUT2D eigenvalue weighted by atomic mass is 35.5. The van der Waals surface area contributed by atoms with Gasteiger partial charge in [0.05, 0.1) is 11.4 Å². The van der Waals surface area contributed by atoms with Crippen LogP contribution in [-0.2, 0) is 4.87 Å². The van der Waals surface area contributed by atoms with Crippen LogP contribution in [0.15, 0.2) is 103 Å². The smallest absolute Gasteiger partial charge is 0.123 e. The summed E-state index contributed by atoms with van der Waals surface area (Å²) in [6, 6.07) is 34.8. The van der Waals surface area contributed by atoms with Crippen molar-refractivity contribution >= 4 is 40.3 Å². The Morgan fingerprint density at radius 3 is 1.96 bits per heavy atom. The van der Waals surface area contributed by atoms with Gasteiger partial charge in [-0.3, -0.25) is 0 Å². The van der Waals surface area contributed by atoms with E-state index in [1.807, 2.05) is 66.7 Å². The molecule has 3 heteroatoms. The number of hydrogen-bond donors (Lipinski definition) is 0. The average Bonchev–Trinajstić information content (AvgIpc) is 2.75. The van der Waals surface area contributed by atoms with Gasteiger partial charge in [0.1, 0.15) is 4.87 Å². The lowest BCUT2D eigenvalue weighted by molar-refractivity contribution is 0.853. The number of anilines is 3. The quantitative estimate of drug-likeness (QED) is 0.311. The van der Waals surface area contributed by atoms with Gasteiger partial charge in [0.15, 0.2) is 0 Å². The van der Waals surface area contributed by atoms with E-state index in [9.17, 15) is 0 Å². The zero-order chi connectivity index (χ0) is 19.1. The molecular formula is C25H17Cl2N. The van der Waals surface area contributed by atoms with Crippen molar-refractivity contribution in [2.24, 2.45) is 0 Å². The van der Waals surface area contributed by atoms with Gasteiger partial charge in [-0.2, -0.15) is 0 Å². The minimum absolute atomic E-state index is 0.686. The van der Waals surface area contributed by atoms with Crippen molar-refractivity contribution in [1.29, 1.82) is 0 Å². The molecule has 5 rings (SSSR count). The molecule has 0 aliphatic carbocycles. The molecule has 4 aromatic rings. The number of rotatable bonds is 2. The van der Waals surface area contributed by atoms with E-state index in [0.717, 1.165) is 33.8 Å². The number of benzene rings is 4. The number of fused-ring (bicyclic) bond motifs is 2. The summed E-state index contributed by atoms with van der Waals surface area (Å²) in [7, 11) is 0. The monoisotopic (exact) mass is 401 g/mol. The lowest BCUT2D eigenvalue weighted by Crippen LogP contribution is -2.32. The molecule has 1 nitrogen and oxygen atoms in total. The maximum Gasteiger partial charge on any atom is 0.123 e. The molecule has 28 heavy (non-hydrogen) atoms. The lowest BCUT2D eigenvalue weighted by atomic mass is 9.79. The van der Waals surface area contributed by atoms with Crippen molar-refractivity contribution in [2.75, 3.05) is 4.90 Å². The number of halogens is 2. The minimum atomic E-state index is -0.789. The second-order valence-electron chi connectivity index (χ2n) is 6.87. The molecular weight excluding hydrogens is 385 g/mol. The highest BCUT2D eigenvalue weighted by Crippen LogP contribution is 2.56. The number of para-hydroxylation sites is 2. The van der Waals surface area contributed by atoms with E-state index < -0.39 is 4.87 Å². The predicted octanol–water partition coefficient (Wildman–Crippen LogP) is 7.65.